The van der Waals surface area contributed by atoms with E-state index in [-0.39, 0.29) is 28.1 Å². The number of rotatable bonds is 4. The largest absolute Gasteiger partial charge is 0.437 e. The van der Waals surface area contributed by atoms with Crippen LogP contribution in [0.2, 0.25) is 0 Å². The molecule has 0 amide bonds. The molecule has 5 nitrogen and oxygen atoms in total. The zero-order chi connectivity index (χ0) is 19.0. The van der Waals surface area contributed by atoms with E-state index in [9.17, 15) is 9.59 Å². The van der Waals surface area contributed by atoms with Crippen LogP contribution in [0.15, 0.2) is 68.6 Å². The molecule has 1 atom stereocenters. The van der Waals surface area contributed by atoms with E-state index in [0.717, 1.165) is 12.0 Å². The first-order chi connectivity index (χ1) is 13.1. The number of benzene rings is 2. The zero-order valence-electron chi connectivity index (χ0n) is 15.3. The van der Waals surface area contributed by atoms with Crippen LogP contribution in [0.1, 0.15) is 37.7 Å². The Balaban J connectivity index is 2.08. The summed E-state index contributed by atoms with van der Waals surface area (Å²) in [6.07, 6.45) is 1.45. The molecule has 0 saturated carbocycles. The second-order valence-electron chi connectivity index (χ2n) is 6.65. The van der Waals surface area contributed by atoms with E-state index in [1.165, 1.54) is 0 Å². The third-order valence-corrected chi connectivity index (χ3v) is 4.86. The van der Waals surface area contributed by atoms with Gasteiger partial charge in [0.1, 0.15) is 11.4 Å². The number of fused-ring (bicyclic) bond motifs is 2. The Labute approximate surface area is 155 Å². The summed E-state index contributed by atoms with van der Waals surface area (Å²) < 4.78 is 7.44. The van der Waals surface area contributed by atoms with E-state index in [0.29, 0.717) is 23.2 Å². The average molecular weight is 360 g/mol. The van der Waals surface area contributed by atoms with E-state index < -0.39 is 0 Å². The Morgan fingerprint density at radius 2 is 1.74 bits per heavy atom. The smallest absolute Gasteiger partial charge is 0.269 e. The molecule has 2 aromatic heterocycles. The van der Waals surface area contributed by atoms with Gasteiger partial charge in [0.2, 0.25) is 11.1 Å². The van der Waals surface area contributed by atoms with Gasteiger partial charge in [0.15, 0.2) is 5.39 Å². The number of aromatic nitrogens is 2. The normalized spacial score (nSPS) is 12.5. The molecule has 0 fully saturated rings. The Morgan fingerprint density at radius 3 is 2.48 bits per heavy atom. The summed E-state index contributed by atoms with van der Waals surface area (Å²) in [4.78, 5) is 30.9. The lowest BCUT2D eigenvalue weighted by molar-refractivity contribution is 0.551. The number of hydrogen-bond donors (Lipinski definition) is 0. The van der Waals surface area contributed by atoms with Gasteiger partial charge in [-0.25, -0.2) is 0 Å². The van der Waals surface area contributed by atoms with E-state index in [4.69, 9.17) is 4.42 Å². The molecule has 0 unspecified atom stereocenters. The molecule has 2 aromatic carbocycles. The standard InChI is InChI=1S/C22H20N2O3/c1-3-9-18-23-21-19(20(25)16-12-7-8-13-17(16)27-21)22(26)24(18)14(2)15-10-5-4-6-11-15/h4-8,10-14H,3,9H2,1-2H3/t14-/m0/s1. The molecule has 0 spiro atoms. The van der Waals surface area contributed by atoms with E-state index >= 15 is 0 Å². The van der Waals surface area contributed by atoms with Gasteiger partial charge < -0.3 is 4.42 Å². The summed E-state index contributed by atoms with van der Waals surface area (Å²) in [5.41, 5.74) is 0.867. The molecule has 0 radical (unpaired) electrons. The van der Waals surface area contributed by atoms with Crippen LogP contribution in [0.4, 0.5) is 0 Å². The zero-order valence-corrected chi connectivity index (χ0v) is 15.3. The molecule has 27 heavy (non-hydrogen) atoms. The number of hydrogen-bond acceptors (Lipinski definition) is 4. The van der Waals surface area contributed by atoms with Gasteiger partial charge in [0.05, 0.1) is 11.4 Å². The monoisotopic (exact) mass is 360 g/mol. The van der Waals surface area contributed by atoms with Gasteiger partial charge in [-0.3, -0.25) is 14.2 Å². The average Bonchev–Trinajstić information content (AvgIpc) is 2.68. The van der Waals surface area contributed by atoms with Crippen LogP contribution in [-0.4, -0.2) is 9.55 Å². The van der Waals surface area contributed by atoms with Crippen LogP contribution in [-0.2, 0) is 6.42 Å². The lowest BCUT2D eigenvalue weighted by Gasteiger charge is -2.19. The highest BCUT2D eigenvalue weighted by Gasteiger charge is 2.21. The van der Waals surface area contributed by atoms with Crippen LogP contribution in [0.5, 0.6) is 0 Å². The Morgan fingerprint density at radius 1 is 1.04 bits per heavy atom. The predicted octanol–water partition coefficient (Wildman–Crippen LogP) is 4.06. The molecule has 0 bridgehead atoms. The van der Waals surface area contributed by atoms with E-state index in [1.807, 2.05) is 44.2 Å². The van der Waals surface area contributed by atoms with Gasteiger partial charge in [0.25, 0.3) is 5.56 Å². The van der Waals surface area contributed by atoms with Crippen molar-refractivity contribution >= 4 is 22.1 Å². The molecule has 0 N–H and O–H groups in total. The number of nitrogens with zero attached hydrogens (tertiary/aromatic N) is 2. The maximum atomic E-state index is 13.4. The van der Waals surface area contributed by atoms with Crippen LogP contribution >= 0.6 is 0 Å². The SMILES string of the molecule is CCCc1nc2oc3ccccc3c(=O)c2c(=O)n1[C@@H](C)c1ccccc1. The maximum Gasteiger partial charge on any atom is 0.269 e. The summed E-state index contributed by atoms with van der Waals surface area (Å²) in [5.74, 6) is 0.629. The predicted molar refractivity (Wildman–Crippen MR) is 106 cm³/mol. The van der Waals surface area contributed by atoms with Gasteiger partial charge in [-0.15, -0.1) is 0 Å². The highest BCUT2D eigenvalue weighted by Crippen LogP contribution is 2.21. The van der Waals surface area contributed by atoms with Crippen molar-refractivity contribution in [2.45, 2.75) is 32.7 Å². The molecule has 5 heteroatoms. The van der Waals surface area contributed by atoms with Crippen LogP contribution in [0.3, 0.4) is 0 Å². The van der Waals surface area contributed by atoms with Crippen LogP contribution < -0.4 is 11.0 Å². The molecule has 0 aliphatic heterocycles. The van der Waals surface area contributed by atoms with Crippen LogP contribution in [0.25, 0.3) is 22.1 Å². The van der Waals surface area contributed by atoms with Crippen molar-refractivity contribution in [1.82, 2.24) is 9.55 Å². The molecule has 0 aliphatic carbocycles. The van der Waals surface area contributed by atoms with Crippen molar-refractivity contribution in [2.24, 2.45) is 0 Å². The molecule has 136 valence electrons. The first kappa shape index (κ1) is 17.2. The lowest BCUT2D eigenvalue weighted by Crippen LogP contribution is -2.31. The first-order valence-electron chi connectivity index (χ1n) is 9.13. The topological polar surface area (TPSA) is 65.1 Å². The third-order valence-electron chi connectivity index (χ3n) is 4.86. The van der Waals surface area contributed by atoms with Gasteiger partial charge in [-0.05, 0) is 31.0 Å². The van der Waals surface area contributed by atoms with E-state index in [1.54, 1.807) is 28.8 Å². The van der Waals surface area contributed by atoms with Crippen molar-refractivity contribution in [3.05, 3.63) is 86.6 Å². The number of aryl methyl sites for hydroxylation is 1. The molecule has 0 saturated heterocycles. The fourth-order valence-electron chi connectivity index (χ4n) is 3.49. The Hall–Kier alpha value is -3.21. The summed E-state index contributed by atoms with van der Waals surface area (Å²) in [7, 11) is 0. The molecule has 0 aliphatic rings. The summed E-state index contributed by atoms with van der Waals surface area (Å²) in [6.45, 7) is 3.98. The number of para-hydroxylation sites is 1. The minimum atomic E-state index is -0.348. The van der Waals surface area contributed by atoms with Crippen molar-refractivity contribution < 1.29 is 4.42 Å². The lowest BCUT2D eigenvalue weighted by atomic mass is 10.1. The second kappa shape index (κ2) is 6.83. The molecule has 4 aromatic rings. The van der Waals surface area contributed by atoms with Gasteiger partial charge in [-0.1, -0.05) is 49.4 Å². The first-order valence-corrected chi connectivity index (χ1v) is 9.13. The summed E-state index contributed by atoms with van der Waals surface area (Å²) >= 11 is 0. The summed E-state index contributed by atoms with van der Waals surface area (Å²) in [5, 5.41) is 0.405. The fraction of sp³-hybridized carbons (Fsp3) is 0.227. The minimum Gasteiger partial charge on any atom is -0.437 e. The highest BCUT2D eigenvalue weighted by molar-refractivity contribution is 5.87. The Kier molecular flexibility index (Phi) is 4.36. The fourth-order valence-corrected chi connectivity index (χ4v) is 3.49. The van der Waals surface area contributed by atoms with Crippen LogP contribution in [0, 0.1) is 0 Å². The summed E-state index contributed by atoms with van der Waals surface area (Å²) in [6, 6.07) is 16.5. The molecule has 2 heterocycles. The Bertz CT molecular complexity index is 1240. The van der Waals surface area contributed by atoms with E-state index in [2.05, 4.69) is 4.98 Å². The van der Waals surface area contributed by atoms with Crippen molar-refractivity contribution in [3.63, 3.8) is 0 Å². The highest BCUT2D eigenvalue weighted by atomic mass is 16.3. The van der Waals surface area contributed by atoms with Crippen molar-refractivity contribution in [3.8, 4) is 0 Å². The molecular weight excluding hydrogens is 340 g/mol. The quantitative estimate of drug-likeness (QED) is 0.515. The van der Waals surface area contributed by atoms with Gasteiger partial charge in [0, 0.05) is 6.42 Å². The second-order valence-corrected chi connectivity index (χ2v) is 6.65. The molecular formula is C22H20N2O3. The van der Waals surface area contributed by atoms with Crippen molar-refractivity contribution in [1.29, 1.82) is 0 Å². The minimum absolute atomic E-state index is 0.0105. The maximum absolute atomic E-state index is 13.4. The van der Waals surface area contributed by atoms with Gasteiger partial charge >= 0.3 is 0 Å². The van der Waals surface area contributed by atoms with Gasteiger partial charge in [-0.2, -0.15) is 4.98 Å². The van der Waals surface area contributed by atoms with Crippen molar-refractivity contribution in [2.75, 3.05) is 0 Å². The molecule has 4 rings (SSSR count). The third kappa shape index (κ3) is 2.85.